The Morgan fingerprint density at radius 1 is 1.14 bits per heavy atom. The van der Waals surface area contributed by atoms with Crippen LogP contribution in [0.4, 0.5) is 18.9 Å². The minimum absolute atomic E-state index is 0.0357. The van der Waals surface area contributed by atoms with Crippen molar-refractivity contribution in [2.75, 3.05) is 37.6 Å². The number of hydrogen-bond donors (Lipinski definition) is 2. The zero-order chi connectivity index (χ0) is 25.6. The second-order valence-electron chi connectivity index (χ2n) is 9.23. The number of primary amides is 1. The van der Waals surface area contributed by atoms with E-state index in [0.717, 1.165) is 42.3 Å². The summed E-state index contributed by atoms with van der Waals surface area (Å²) in [5.74, 6) is -0.953. The van der Waals surface area contributed by atoms with Gasteiger partial charge in [-0.15, -0.1) is 0 Å². The highest BCUT2D eigenvalue weighted by molar-refractivity contribution is 5.80. The monoisotopic (exact) mass is 487 g/mol. The third-order valence-electron chi connectivity index (χ3n) is 6.20. The quantitative estimate of drug-likeness (QED) is 0.521. The van der Waals surface area contributed by atoms with Crippen LogP contribution in [0, 0.1) is 17.2 Å². The molecular weight excluding hydrogens is 455 g/mol. The van der Waals surface area contributed by atoms with Crippen LogP contribution in [-0.2, 0) is 4.79 Å². The van der Waals surface area contributed by atoms with Crippen molar-refractivity contribution in [2.45, 2.75) is 38.5 Å². The fourth-order valence-electron chi connectivity index (χ4n) is 4.57. The van der Waals surface area contributed by atoms with Crippen molar-refractivity contribution in [3.05, 3.63) is 54.1 Å². The number of nitrogens with zero attached hydrogens (tertiary/aromatic N) is 3. The first kappa shape index (κ1) is 26.5. The van der Waals surface area contributed by atoms with E-state index in [1.807, 2.05) is 24.3 Å². The van der Waals surface area contributed by atoms with Crippen LogP contribution in [0.2, 0.25) is 0 Å². The fraction of sp³-hybridized carbons (Fsp3) is 0.462. The lowest BCUT2D eigenvalue weighted by molar-refractivity contribution is -0.192. The van der Waals surface area contributed by atoms with E-state index in [1.165, 1.54) is 12.1 Å². The van der Waals surface area contributed by atoms with Gasteiger partial charge in [0.15, 0.2) is 0 Å². The van der Waals surface area contributed by atoms with Gasteiger partial charge in [0.2, 0.25) is 5.91 Å². The lowest BCUT2D eigenvalue weighted by atomic mass is 9.94. The Balaban J connectivity index is 1.97. The van der Waals surface area contributed by atoms with Crippen LogP contribution in [0.5, 0.6) is 0 Å². The summed E-state index contributed by atoms with van der Waals surface area (Å²) in [7, 11) is 0. The molecule has 1 aliphatic heterocycles. The van der Waals surface area contributed by atoms with Crippen molar-refractivity contribution in [3.63, 3.8) is 0 Å². The maximum Gasteiger partial charge on any atom is 0.408 e. The molecule has 0 spiro atoms. The number of hydrogen-bond acceptors (Lipinski definition) is 5. The van der Waals surface area contributed by atoms with Crippen LogP contribution < -0.4 is 16.0 Å². The number of carbonyl (C=O) groups excluding carboxylic acids is 1. The number of piperazine rings is 1. The first-order chi connectivity index (χ1) is 16.6. The molecule has 1 unspecified atom stereocenters. The molecule has 1 amide bonds. The molecule has 0 radical (unpaired) electrons. The zero-order valence-electron chi connectivity index (χ0n) is 20.1. The highest BCUT2D eigenvalue weighted by Crippen LogP contribution is 2.40. The summed E-state index contributed by atoms with van der Waals surface area (Å²) in [4.78, 5) is 15.3. The molecule has 1 saturated heterocycles. The summed E-state index contributed by atoms with van der Waals surface area (Å²) in [6.45, 7) is 6.63. The first-order valence-electron chi connectivity index (χ1n) is 11.8. The minimum atomic E-state index is -4.72. The van der Waals surface area contributed by atoms with Gasteiger partial charge < -0.3 is 16.0 Å². The smallest absolute Gasteiger partial charge is 0.369 e. The number of halogens is 3. The maximum absolute atomic E-state index is 14.4. The van der Waals surface area contributed by atoms with Gasteiger partial charge in [-0.1, -0.05) is 44.2 Å². The number of nitrogens with two attached hydrogens (primary N) is 1. The van der Waals surface area contributed by atoms with E-state index in [9.17, 15) is 23.2 Å². The van der Waals surface area contributed by atoms with Crippen molar-refractivity contribution < 1.29 is 18.0 Å². The molecule has 1 fully saturated rings. The molecule has 2 atom stereocenters. The highest BCUT2D eigenvalue weighted by atomic mass is 19.4. The molecule has 35 heavy (non-hydrogen) atoms. The van der Waals surface area contributed by atoms with E-state index in [-0.39, 0.29) is 17.9 Å². The molecule has 0 saturated carbocycles. The molecular formula is C26H32F3N5O. The molecule has 2 aromatic rings. The van der Waals surface area contributed by atoms with Gasteiger partial charge in [0.25, 0.3) is 0 Å². The van der Waals surface area contributed by atoms with Gasteiger partial charge in [0, 0.05) is 31.9 Å². The van der Waals surface area contributed by atoms with Gasteiger partial charge in [0.05, 0.1) is 18.7 Å². The normalized spacial score (nSPS) is 16.2. The van der Waals surface area contributed by atoms with Gasteiger partial charge in [-0.2, -0.15) is 18.4 Å². The number of anilines is 1. The van der Waals surface area contributed by atoms with Crippen LogP contribution >= 0.6 is 0 Å². The van der Waals surface area contributed by atoms with Crippen LogP contribution in [0.3, 0.4) is 0 Å². The first-order valence-corrected chi connectivity index (χ1v) is 11.8. The number of rotatable bonds is 9. The van der Waals surface area contributed by atoms with Crippen molar-refractivity contribution >= 4 is 11.6 Å². The summed E-state index contributed by atoms with van der Waals surface area (Å²) in [5, 5.41) is 12.6. The third kappa shape index (κ3) is 6.74. The number of alkyl halides is 3. The predicted octanol–water partition coefficient (Wildman–Crippen LogP) is 4.09. The fourth-order valence-corrected chi connectivity index (χ4v) is 4.57. The molecule has 0 bridgehead atoms. The van der Waals surface area contributed by atoms with Gasteiger partial charge in [-0.3, -0.25) is 9.69 Å². The molecule has 0 aliphatic carbocycles. The average molecular weight is 488 g/mol. The SMILES string of the molecule is CC(C)C[C@@H](C(N)=O)N(CC#N)C(c1cccc(-c2ccc(N3CCNCC3)cc2)c1)C(F)(F)F. The molecule has 188 valence electrons. The third-order valence-corrected chi connectivity index (χ3v) is 6.20. The van der Waals surface area contributed by atoms with E-state index < -0.39 is 30.7 Å². The van der Waals surface area contributed by atoms with Crippen molar-refractivity contribution in [3.8, 4) is 17.2 Å². The summed E-state index contributed by atoms with van der Waals surface area (Å²) >= 11 is 0. The molecule has 3 N–H and O–H groups in total. The van der Waals surface area contributed by atoms with Gasteiger partial charge >= 0.3 is 6.18 Å². The van der Waals surface area contributed by atoms with Gasteiger partial charge in [-0.25, -0.2) is 0 Å². The van der Waals surface area contributed by atoms with Crippen molar-refractivity contribution in [1.29, 1.82) is 5.26 Å². The number of benzene rings is 2. The highest BCUT2D eigenvalue weighted by Gasteiger charge is 2.48. The van der Waals surface area contributed by atoms with E-state index >= 15 is 0 Å². The van der Waals surface area contributed by atoms with Gasteiger partial charge in [-0.05, 0) is 47.2 Å². The molecule has 6 nitrogen and oxygen atoms in total. The van der Waals surface area contributed by atoms with E-state index in [4.69, 9.17) is 5.73 Å². The standard InChI is InChI=1S/C26H32F3N5O/c1-18(2)16-23(25(31)35)34(13-10-30)24(26(27,28)29)21-5-3-4-20(17-21)19-6-8-22(9-7-19)33-14-11-32-12-15-33/h3-9,17-18,23-24,32H,11-16H2,1-2H3,(H2,31,35)/t23-,24?/m0/s1. The lowest BCUT2D eigenvalue weighted by Gasteiger charge is -2.37. The van der Waals surface area contributed by atoms with Crippen LogP contribution in [-0.4, -0.2) is 55.7 Å². The molecule has 9 heteroatoms. The van der Waals surface area contributed by atoms with E-state index in [2.05, 4.69) is 10.2 Å². The van der Waals surface area contributed by atoms with E-state index in [0.29, 0.717) is 5.56 Å². The predicted molar refractivity (Wildman–Crippen MR) is 131 cm³/mol. The second-order valence-corrected chi connectivity index (χ2v) is 9.23. The molecule has 1 heterocycles. The van der Waals surface area contributed by atoms with Crippen LogP contribution in [0.1, 0.15) is 31.9 Å². The summed E-state index contributed by atoms with van der Waals surface area (Å²) < 4.78 is 43.3. The van der Waals surface area contributed by atoms with Crippen LogP contribution in [0.15, 0.2) is 48.5 Å². The molecule has 2 aromatic carbocycles. The average Bonchev–Trinajstić information content (AvgIpc) is 2.82. The Kier molecular flexibility index (Phi) is 8.76. The van der Waals surface area contributed by atoms with Gasteiger partial charge in [0.1, 0.15) is 6.04 Å². The Labute approximate surface area is 204 Å². The van der Waals surface area contributed by atoms with Crippen molar-refractivity contribution in [1.82, 2.24) is 10.2 Å². The Morgan fingerprint density at radius 2 is 1.80 bits per heavy atom. The zero-order valence-corrected chi connectivity index (χ0v) is 20.1. The molecule has 1 aliphatic rings. The topological polar surface area (TPSA) is 85.4 Å². The summed E-state index contributed by atoms with van der Waals surface area (Å²) in [5.41, 5.74) is 7.95. The Bertz CT molecular complexity index is 1030. The van der Waals surface area contributed by atoms with Crippen molar-refractivity contribution in [2.24, 2.45) is 11.7 Å². The minimum Gasteiger partial charge on any atom is -0.369 e. The Morgan fingerprint density at radius 3 is 2.34 bits per heavy atom. The number of amides is 1. The maximum atomic E-state index is 14.4. The summed E-state index contributed by atoms with van der Waals surface area (Å²) in [6, 6.07) is 12.4. The second kappa shape index (κ2) is 11.6. The number of nitrogens with one attached hydrogen (secondary N) is 1. The van der Waals surface area contributed by atoms with E-state index in [1.54, 1.807) is 32.0 Å². The lowest BCUT2D eigenvalue weighted by Crippen LogP contribution is -2.51. The summed E-state index contributed by atoms with van der Waals surface area (Å²) in [6.07, 6.45) is -4.59. The number of carbonyl (C=O) groups is 1. The molecule has 3 rings (SSSR count). The Hall–Kier alpha value is -3.09. The number of nitriles is 1. The molecule has 0 aromatic heterocycles. The van der Waals surface area contributed by atoms with Crippen LogP contribution in [0.25, 0.3) is 11.1 Å². The largest absolute Gasteiger partial charge is 0.408 e.